The molecule has 0 saturated heterocycles. The molecule has 1 aromatic carbocycles. The van der Waals surface area contributed by atoms with E-state index in [1.807, 2.05) is 25.1 Å². The number of aryl methyl sites for hydroxylation is 1. The van der Waals surface area contributed by atoms with Crippen LogP contribution >= 0.6 is 22.7 Å². The molecule has 0 atom stereocenters. The van der Waals surface area contributed by atoms with Crippen LogP contribution in [0, 0.1) is 6.92 Å². The smallest absolute Gasteiger partial charge is 0.183 e. The van der Waals surface area contributed by atoms with Crippen molar-refractivity contribution >= 4 is 27.8 Å². The van der Waals surface area contributed by atoms with Gasteiger partial charge in [0.15, 0.2) is 5.13 Å². The zero-order chi connectivity index (χ0) is 13.9. The second-order valence-corrected chi connectivity index (χ2v) is 6.22. The van der Waals surface area contributed by atoms with Crippen molar-refractivity contribution in [2.24, 2.45) is 0 Å². The Morgan fingerprint density at radius 1 is 1.15 bits per heavy atom. The van der Waals surface area contributed by atoms with E-state index in [9.17, 15) is 0 Å². The van der Waals surface area contributed by atoms with E-state index < -0.39 is 0 Å². The minimum Gasteiger partial charge on any atom is -0.362 e. The SMILES string of the molecule is CCNc1nc(-c2sc(-c3ccccc3)nc2C)cs1. The van der Waals surface area contributed by atoms with Gasteiger partial charge in [-0.3, -0.25) is 0 Å². The Hall–Kier alpha value is -1.72. The van der Waals surface area contributed by atoms with Crippen molar-refractivity contribution in [1.82, 2.24) is 9.97 Å². The third-order valence-electron chi connectivity index (χ3n) is 2.88. The summed E-state index contributed by atoms with van der Waals surface area (Å²) in [6, 6.07) is 10.3. The Balaban J connectivity index is 1.96. The number of thiazole rings is 2. The van der Waals surface area contributed by atoms with Crippen molar-refractivity contribution in [3.8, 4) is 21.1 Å². The Labute approximate surface area is 126 Å². The average Bonchev–Trinajstić information content (AvgIpc) is 3.07. The van der Waals surface area contributed by atoms with Gasteiger partial charge in [-0.1, -0.05) is 30.3 Å². The monoisotopic (exact) mass is 301 g/mol. The second-order valence-electron chi connectivity index (χ2n) is 4.37. The summed E-state index contributed by atoms with van der Waals surface area (Å²) >= 11 is 3.34. The first-order valence-electron chi connectivity index (χ1n) is 6.50. The Kier molecular flexibility index (Phi) is 3.80. The van der Waals surface area contributed by atoms with E-state index in [-0.39, 0.29) is 0 Å². The van der Waals surface area contributed by atoms with Gasteiger partial charge in [0, 0.05) is 17.5 Å². The minimum absolute atomic E-state index is 0.893. The van der Waals surface area contributed by atoms with Gasteiger partial charge in [0.1, 0.15) is 5.01 Å². The lowest BCUT2D eigenvalue weighted by Gasteiger charge is -1.94. The summed E-state index contributed by atoms with van der Waals surface area (Å²) in [5.74, 6) is 0. The van der Waals surface area contributed by atoms with E-state index in [0.717, 1.165) is 38.5 Å². The van der Waals surface area contributed by atoms with Gasteiger partial charge in [0.05, 0.1) is 16.3 Å². The van der Waals surface area contributed by atoms with E-state index in [1.54, 1.807) is 22.7 Å². The number of rotatable bonds is 4. The van der Waals surface area contributed by atoms with Crippen LogP contribution in [0.15, 0.2) is 35.7 Å². The molecule has 0 aliphatic heterocycles. The van der Waals surface area contributed by atoms with Crippen LogP contribution in [0.3, 0.4) is 0 Å². The van der Waals surface area contributed by atoms with Gasteiger partial charge in [-0.05, 0) is 13.8 Å². The lowest BCUT2D eigenvalue weighted by molar-refractivity contribution is 1.19. The van der Waals surface area contributed by atoms with E-state index in [1.165, 1.54) is 0 Å². The van der Waals surface area contributed by atoms with E-state index in [4.69, 9.17) is 0 Å². The van der Waals surface area contributed by atoms with Gasteiger partial charge >= 0.3 is 0 Å². The van der Waals surface area contributed by atoms with Crippen LogP contribution in [-0.2, 0) is 0 Å². The maximum atomic E-state index is 4.68. The van der Waals surface area contributed by atoms with E-state index >= 15 is 0 Å². The maximum Gasteiger partial charge on any atom is 0.183 e. The molecule has 2 aromatic heterocycles. The van der Waals surface area contributed by atoms with Gasteiger partial charge in [0.25, 0.3) is 0 Å². The van der Waals surface area contributed by atoms with Crippen LogP contribution in [-0.4, -0.2) is 16.5 Å². The normalized spacial score (nSPS) is 10.7. The first-order valence-corrected chi connectivity index (χ1v) is 8.20. The molecule has 0 spiro atoms. The van der Waals surface area contributed by atoms with Gasteiger partial charge in [-0.15, -0.1) is 22.7 Å². The standard InChI is InChI=1S/C15H15N3S2/c1-3-16-15-18-12(9-19-15)13-10(2)17-14(20-13)11-7-5-4-6-8-11/h4-9H,3H2,1-2H3,(H,16,18). The highest BCUT2D eigenvalue weighted by atomic mass is 32.1. The van der Waals surface area contributed by atoms with Crippen LogP contribution in [0.25, 0.3) is 21.1 Å². The molecule has 3 aromatic rings. The molecule has 1 N–H and O–H groups in total. The first-order chi connectivity index (χ1) is 9.78. The van der Waals surface area contributed by atoms with Gasteiger partial charge in [-0.25, -0.2) is 9.97 Å². The average molecular weight is 301 g/mol. The summed E-state index contributed by atoms with van der Waals surface area (Å²) in [5.41, 5.74) is 3.22. The van der Waals surface area contributed by atoms with Crippen LogP contribution < -0.4 is 5.32 Å². The fourth-order valence-corrected chi connectivity index (χ4v) is 3.83. The summed E-state index contributed by atoms with van der Waals surface area (Å²) in [5, 5.41) is 7.36. The number of nitrogens with one attached hydrogen (secondary N) is 1. The predicted octanol–water partition coefficient (Wildman–Crippen LogP) is 4.67. The summed E-state index contributed by atoms with van der Waals surface area (Å²) in [6.07, 6.45) is 0. The predicted molar refractivity (Wildman–Crippen MR) is 87.6 cm³/mol. The molecule has 3 nitrogen and oxygen atoms in total. The molecular weight excluding hydrogens is 286 g/mol. The molecule has 0 aliphatic rings. The summed E-state index contributed by atoms with van der Waals surface area (Å²) < 4.78 is 0. The van der Waals surface area contributed by atoms with Crippen LogP contribution in [0.4, 0.5) is 5.13 Å². The van der Waals surface area contributed by atoms with Crippen molar-refractivity contribution in [3.63, 3.8) is 0 Å². The molecule has 0 radical (unpaired) electrons. The fourth-order valence-electron chi connectivity index (χ4n) is 1.95. The van der Waals surface area contributed by atoms with Crippen LogP contribution in [0.5, 0.6) is 0 Å². The molecule has 0 unspecified atom stereocenters. The molecule has 0 aliphatic carbocycles. The number of aromatic nitrogens is 2. The van der Waals surface area contributed by atoms with Crippen LogP contribution in [0.2, 0.25) is 0 Å². The van der Waals surface area contributed by atoms with Crippen molar-refractivity contribution in [2.45, 2.75) is 13.8 Å². The highest BCUT2D eigenvalue weighted by Crippen LogP contribution is 2.36. The van der Waals surface area contributed by atoms with Crippen molar-refractivity contribution in [1.29, 1.82) is 0 Å². The first kappa shape index (κ1) is 13.3. The lowest BCUT2D eigenvalue weighted by Crippen LogP contribution is -1.94. The van der Waals surface area contributed by atoms with Gasteiger partial charge < -0.3 is 5.32 Å². The van der Waals surface area contributed by atoms with Crippen molar-refractivity contribution in [3.05, 3.63) is 41.4 Å². The largest absolute Gasteiger partial charge is 0.362 e. The maximum absolute atomic E-state index is 4.68. The number of benzene rings is 1. The molecule has 5 heteroatoms. The van der Waals surface area contributed by atoms with Gasteiger partial charge in [0.2, 0.25) is 0 Å². The number of hydrogen-bond donors (Lipinski definition) is 1. The van der Waals surface area contributed by atoms with E-state index in [0.29, 0.717) is 0 Å². The third-order valence-corrected chi connectivity index (χ3v) is 4.91. The Morgan fingerprint density at radius 2 is 1.95 bits per heavy atom. The number of nitrogens with zero attached hydrogens (tertiary/aromatic N) is 2. The zero-order valence-corrected chi connectivity index (χ0v) is 13.0. The third kappa shape index (κ3) is 2.59. The van der Waals surface area contributed by atoms with Crippen molar-refractivity contribution < 1.29 is 0 Å². The molecule has 0 bridgehead atoms. The van der Waals surface area contributed by atoms with Crippen molar-refractivity contribution in [2.75, 3.05) is 11.9 Å². The molecule has 3 rings (SSSR count). The molecule has 0 amide bonds. The number of hydrogen-bond acceptors (Lipinski definition) is 5. The summed E-state index contributed by atoms with van der Waals surface area (Å²) in [4.78, 5) is 10.4. The summed E-state index contributed by atoms with van der Waals surface area (Å²) in [7, 11) is 0. The molecule has 102 valence electrons. The molecule has 0 saturated carbocycles. The highest BCUT2D eigenvalue weighted by molar-refractivity contribution is 7.19. The highest BCUT2D eigenvalue weighted by Gasteiger charge is 2.13. The van der Waals surface area contributed by atoms with Gasteiger partial charge in [-0.2, -0.15) is 0 Å². The molecule has 20 heavy (non-hydrogen) atoms. The topological polar surface area (TPSA) is 37.8 Å². The van der Waals surface area contributed by atoms with Crippen LogP contribution in [0.1, 0.15) is 12.6 Å². The Bertz CT molecular complexity index is 701. The minimum atomic E-state index is 0.893. The second kappa shape index (κ2) is 5.73. The zero-order valence-electron chi connectivity index (χ0n) is 11.4. The Morgan fingerprint density at radius 3 is 2.70 bits per heavy atom. The lowest BCUT2D eigenvalue weighted by atomic mass is 10.2. The fraction of sp³-hybridized carbons (Fsp3) is 0.200. The quantitative estimate of drug-likeness (QED) is 0.760. The molecule has 2 heterocycles. The number of anilines is 1. The summed E-state index contributed by atoms with van der Waals surface area (Å²) in [6.45, 7) is 5.01. The molecule has 0 fully saturated rings. The van der Waals surface area contributed by atoms with E-state index in [2.05, 4.69) is 39.7 Å². The molecular formula is C15H15N3S2.